The van der Waals surface area contributed by atoms with Crippen molar-refractivity contribution in [3.8, 4) is 0 Å². The number of nitrogens with zero attached hydrogens (tertiary/aromatic N) is 3. The zero-order chi connectivity index (χ0) is 10.7. The molecule has 0 atom stereocenters. The Balaban J connectivity index is -0.0000000270. The first-order valence-electron chi connectivity index (χ1n) is 1.64. The fourth-order valence-electron chi connectivity index (χ4n) is 0. The van der Waals surface area contributed by atoms with Gasteiger partial charge in [0.15, 0.2) is 0 Å². The first kappa shape index (κ1) is 29.2. The molecule has 0 aromatic carbocycles. The van der Waals surface area contributed by atoms with Crippen LogP contribution < -0.4 is 29.6 Å². The Morgan fingerprint density at radius 3 is 0.571 bits per heavy atom. The van der Waals surface area contributed by atoms with Crippen LogP contribution >= 0.6 is 0 Å². The second-order valence-electron chi connectivity index (χ2n) is 0.671. The van der Waals surface area contributed by atoms with Gasteiger partial charge in [-0.25, -0.2) is 0 Å². The normalized spacial score (nSPS) is 5.14. The molecule has 0 unspecified atom stereocenters. The molecule has 0 spiro atoms. The van der Waals surface area contributed by atoms with Crippen molar-refractivity contribution in [3.63, 3.8) is 0 Å². The van der Waals surface area contributed by atoms with E-state index in [2.05, 4.69) is 0 Å². The van der Waals surface area contributed by atoms with E-state index in [0.717, 1.165) is 0 Å². The summed E-state index contributed by atoms with van der Waals surface area (Å²) in [6, 6.07) is 0. The van der Waals surface area contributed by atoms with E-state index in [0.29, 0.717) is 0 Å². The first-order valence-corrected chi connectivity index (χ1v) is 1.64. The Labute approximate surface area is 110 Å². The summed E-state index contributed by atoms with van der Waals surface area (Å²) in [7, 11) is 0. The minimum atomic E-state index is -1.75. The van der Waals surface area contributed by atoms with Gasteiger partial charge in [0.25, 0.3) is 0 Å². The van der Waals surface area contributed by atoms with Crippen LogP contribution in [0.4, 0.5) is 0 Å². The van der Waals surface area contributed by atoms with E-state index in [4.69, 9.17) is 46.0 Å². The molecule has 0 aliphatic carbocycles. The van der Waals surface area contributed by atoms with Crippen LogP contribution in [0.3, 0.4) is 0 Å². The summed E-state index contributed by atoms with van der Waals surface area (Å²) in [6.45, 7) is 0. The SMILES string of the molecule is O=[N+]([O-])[O-].O=[N+]([O-])[O-].O=[N+]([O-])[O-].[Na+].[Zn+2]. The summed E-state index contributed by atoms with van der Waals surface area (Å²) >= 11 is 0. The molecule has 0 amide bonds. The van der Waals surface area contributed by atoms with Gasteiger partial charge < -0.3 is 46.0 Å². The Morgan fingerprint density at radius 1 is 0.571 bits per heavy atom. The van der Waals surface area contributed by atoms with Gasteiger partial charge in [0.2, 0.25) is 0 Å². The van der Waals surface area contributed by atoms with Gasteiger partial charge in [-0.05, 0) is 0 Å². The van der Waals surface area contributed by atoms with Crippen molar-refractivity contribution >= 4 is 0 Å². The van der Waals surface area contributed by atoms with Crippen molar-refractivity contribution in [3.05, 3.63) is 46.0 Å². The van der Waals surface area contributed by atoms with Crippen LogP contribution in [0.5, 0.6) is 0 Å². The van der Waals surface area contributed by atoms with Gasteiger partial charge in [0, 0.05) is 0 Å². The third-order valence-corrected chi connectivity index (χ3v) is 0. The molecule has 0 heterocycles. The molecule has 72 valence electrons. The zero-order valence-corrected chi connectivity index (χ0v) is 11.7. The molecule has 0 N–H and O–H groups in total. The molecule has 14 heteroatoms. The largest absolute Gasteiger partial charge is 2.00 e. The molecule has 0 aromatic heterocycles. The molecule has 0 aliphatic heterocycles. The van der Waals surface area contributed by atoms with E-state index in [9.17, 15) is 0 Å². The third kappa shape index (κ3) is 1940. The summed E-state index contributed by atoms with van der Waals surface area (Å²) in [5.74, 6) is 0. The standard InChI is InChI=1S/3NO3.Na.Zn/c3*2-1(3)4;;/q3*-1;+1;+2. The molecular formula is N3NaO9Zn. The molecule has 14 heavy (non-hydrogen) atoms. The molecule has 0 saturated carbocycles. The van der Waals surface area contributed by atoms with Gasteiger partial charge in [-0.3, -0.25) is 0 Å². The molecule has 0 rings (SSSR count). The molecule has 0 bridgehead atoms. The van der Waals surface area contributed by atoms with Crippen molar-refractivity contribution in [1.82, 2.24) is 0 Å². The predicted octanol–water partition coefficient (Wildman–Crippen LogP) is -3.72. The van der Waals surface area contributed by atoms with Crippen LogP contribution in [0.25, 0.3) is 0 Å². The second-order valence-corrected chi connectivity index (χ2v) is 0.671. The minimum absolute atomic E-state index is 0. The summed E-state index contributed by atoms with van der Waals surface area (Å²) in [5, 5.41) is 44.2. The van der Waals surface area contributed by atoms with Gasteiger partial charge in [0.1, 0.15) is 0 Å². The Bertz CT molecular complexity index is 118. The van der Waals surface area contributed by atoms with Crippen molar-refractivity contribution in [2.24, 2.45) is 0 Å². The van der Waals surface area contributed by atoms with E-state index in [1.807, 2.05) is 0 Å². The maximum atomic E-state index is 8.25. The first-order chi connectivity index (χ1) is 5.20. The van der Waals surface area contributed by atoms with Crippen LogP contribution in [0.15, 0.2) is 0 Å². The number of rotatable bonds is 0. The van der Waals surface area contributed by atoms with Crippen molar-refractivity contribution in [2.45, 2.75) is 0 Å². The minimum Gasteiger partial charge on any atom is -0.356 e. The van der Waals surface area contributed by atoms with E-state index < -0.39 is 15.3 Å². The number of hydrogen-bond donors (Lipinski definition) is 0. The van der Waals surface area contributed by atoms with Crippen LogP contribution in [-0.4, -0.2) is 15.3 Å². The van der Waals surface area contributed by atoms with E-state index in [1.54, 1.807) is 0 Å². The molecule has 0 aromatic rings. The van der Waals surface area contributed by atoms with Crippen molar-refractivity contribution in [1.29, 1.82) is 0 Å². The van der Waals surface area contributed by atoms with Crippen LogP contribution in [0.1, 0.15) is 0 Å². The molecule has 0 saturated heterocycles. The zero-order valence-electron chi connectivity index (χ0n) is 6.72. The predicted molar refractivity (Wildman–Crippen MR) is 31.1 cm³/mol. The summed E-state index contributed by atoms with van der Waals surface area (Å²) in [6.07, 6.45) is 0. The van der Waals surface area contributed by atoms with Gasteiger partial charge in [-0.15, -0.1) is 0 Å². The molecular weight excluding hydrogens is 274 g/mol. The average Bonchev–Trinajstić information content (AvgIpc) is 1.54. The maximum Gasteiger partial charge on any atom is 2.00 e. The third-order valence-electron chi connectivity index (χ3n) is 0. The van der Waals surface area contributed by atoms with Crippen LogP contribution in [-0.2, 0) is 19.5 Å². The fourth-order valence-corrected chi connectivity index (χ4v) is 0. The Morgan fingerprint density at radius 2 is 0.571 bits per heavy atom. The van der Waals surface area contributed by atoms with Crippen LogP contribution in [0.2, 0.25) is 0 Å². The van der Waals surface area contributed by atoms with Crippen LogP contribution in [0, 0.1) is 46.0 Å². The molecule has 12 nitrogen and oxygen atoms in total. The average molecular weight is 274 g/mol. The van der Waals surface area contributed by atoms with E-state index in [-0.39, 0.29) is 49.0 Å². The van der Waals surface area contributed by atoms with E-state index >= 15 is 0 Å². The van der Waals surface area contributed by atoms with Gasteiger partial charge >= 0.3 is 49.0 Å². The van der Waals surface area contributed by atoms with Gasteiger partial charge in [0.05, 0.1) is 15.3 Å². The van der Waals surface area contributed by atoms with Gasteiger partial charge in [-0.2, -0.15) is 0 Å². The molecule has 0 aliphatic rings. The quantitative estimate of drug-likeness (QED) is 0.242. The van der Waals surface area contributed by atoms with Gasteiger partial charge in [-0.1, -0.05) is 0 Å². The fraction of sp³-hybridized carbons (Fsp3) is 0. The topological polar surface area (TPSA) is 199 Å². The summed E-state index contributed by atoms with van der Waals surface area (Å²) < 4.78 is 0. The molecule has 0 radical (unpaired) electrons. The summed E-state index contributed by atoms with van der Waals surface area (Å²) in [4.78, 5) is 24.8. The summed E-state index contributed by atoms with van der Waals surface area (Å²) in [5.41, 5.74) is 0. The number of hydrogen-bond acceptors (Lipinski definition) is 9. The van der Waals surface area contributed by atoms with Crippen molar-refractivity contribution < 1.29 is 64.3 Å². The Kier molecular flexibility index (Phi) is 47.5. The second kappa shape index (κ2) is 22.8. The monoisotopic (exact) mass is 273 g/mol. The van der Waals surface area contributed by atoms with E-state index in [1.165, 1.54) is 0 Å². The Hall–Kier alpha value is -0.777. The van der Waals surface area contributed by atoms with Crippen molar-refractivity contribution in [2.75, 3.05) is 0 Å². The molecule has 0 fully saturated rings. The smallest absolute Gasteiger partial charge is 0.356 e. The maximum absolute atomic E-state index is 8.25.